The van der Waals surface area contributed by atoms with Crippen molar-refractivity contribution in [1.29, 1.82) is 0 Å². The summed E-state index contributed by atoms with van der Waals surface area (Å²) in [5.74, 6) is -0.726. The van der Waals surface area contributed by atoms with E-state index in [0.29, 0.717) is 14.6 Å². The average Bonchev–Trinajstić information content (AvgIpc) is 2.41. The van der Waals surface area contributed by atoms with Crippen molar-refractivity contribution in [2.45, 2.75) is 13.3 Å². The number of nitrogens with one attached hydrogen (secondary N) is 2. The van der Waals surface area contributed by atoms with Gasteiger partial charge in [-0.05, 0) is 41.0 Å². The number of esters is 1. The largest absolute Gasteiger partial charge is 0.465 e. The van der Waals surface area contributed by atoms with Crippen LogP contribution >= 0.6 is 31.9 Å². The van der Waals surface area contributed by atoms with Gasteiger partial charge in [-0.1, -0.05) is 22.9 Å². The first kappa shape index (κ1) is 17.1. The van der Waals surface area contributed by atoms with Gasteiger partial charge in [-0.3, -0.25) is 4.79 Å². The summed E-state index contributed by atoms with van der Waals surface area (Å²) >= 11 is 6.63. The molecule has 20 heavy (non-hydrogen) atoms. The van der Waals surface area contributed by atoms with E-state index in [0.717, 1.165) is 13.0 Å². The molecule has 2 N–H and O–H groups in total. The Kier molecular flexibility index (Phi) is 7.18. The Morgan fingerprint density at radius 2 is 2.00 bits per heavy atom. The average molecular weight is 408 g/mol. The number of rotatable bonds is 6. The molecule has 1 amide bonds. The van der Waals surface area contributed by atoms with Gasteiger partial charge in [0.1, 0.15) is 0 Å². The summed E-state index contributed by atoms with van der Waals surface area (Å²) in [5.41, 5.74) is 0.695. The molecule has 1 rings (SSSR count). The fourth-order valence-corrected chi connectivity index (χ4v) is 2.86. The first-order valence-electron chi connectivity index (χ1n) is 6.07. The van der Waals surface area contributed by atoms with Crippen molar-refractivity contribution < 1.29 is 14.3 Å². The number of carbonyl (C=O) groups excluding carboxylic acids is 2. The maximum absolute atomic E-state index is 11.8. The van der Waals surface area contributed by atoms with Crippen molar-refractivity contribution in [3.63, 3.8) is 0 Å². The number of carbonyl (C=O) groups is 2. The zero-order valence-corrected chi connectivity index (χ0v) is 14.4. The molecule has 0 heterocycles. The summed E-state index contributed by atoms with van der Waals surface area (Å²) in [6, 6.07) is 3.35. The van der Waals surface area contributed by atoms with Gasteiger partial charge in [0.2, 0.25) is 5.91 Å². The molecule has 0 saturated carbocycles. The molecule has 0 saturated heterocycles. The third-order valence-electron chi connectivity index (χ3n) is 2.44. The normalized spacial score (nSPS) is 10.2. The van der Waals surface area contributed by atoms with Crippen LogP contribution in [0.25, 0.3) is 0 Å². The molecule has 1 aromatic carbocycles. The molecule has 7 heteroatoms. The first-order chi connectivity index (χ1) is 9.49. The van der Waals surface area contributed by atoms with E-state index >= 15 is 0 Å². The molecule has 0 unspecified atom stereocenters. The summed E-state index contributed by atoms with van der Waals surface area (Å²) in [6.45, 7) is 2.97. The summed E-state index contributed by atoms with van der Waals surface area (Å²) in [5, 5.41) is 5.71. The van der Waals surface area contributed by atoms with Crippen LogP contribution in [0, 0.1) is 0 Å². The number of methoxy groups -OCH3 is 1. The number of halogens is 2. The fourth-order valence-electron chi connectivity index (χ4n) is 1.53. The van der Waals surface area contributed by atoms with E-state index in [1.165, 1.54) is 7.11 Å². The van der Waals surface area contributed by atoms with Crippen LogP contribution in [0.4, 0.5) is 5.69 Å². The van der Waals surface area contributed by atoms with Crippen LogP contribution in [0.3, 0.4) is 0 Å². The van der Waals surface area contributed by atoms with E-state index in [1.54, 1.807) is 12.1 Å². The van der Waals surface area contributed by atoms with Gasteiger partial charge in [-0.25, -0.2) is 4.79 Å². The van der Waals surface area contributed by atoms with Gasteiger partial charge in [-0.2, -0.15) is 0 Å². The zero-order valence-electron chi connectivity index (χ0n) is 11.3. The van der Waals surface area contributed by atoms with Crippen LogP contribution in [-0.2, 0) is 9.53 Å². The smallest absolute Gasteiger partial charge is 0.340 e. The quantitative estimate of drug-likeness (QED) is 0.562. The van der Waals surface area contributed by atoms with Crippen molar-refractivity contribution in [2.24, 2.45) is 0 Å². The Morgan fingerprint density at radius 3 is 2.60 bits per heavy atom. The molecule has 5 nitrogen and oxygen atoms in total. The highest BCUT2D eigenvalue weighted by Crippen LogP contribution is 2.31. The molecule has 0 spiro atoms. The van der Waals surface area contributed by atoms with Gasteiger partial charge in [0.15, 0.2) is 0 Å². The van der Waals surface area contributed by atoms with Crippen LogP contribution < -0.4 is 10.6 Å². The van der Waals surface area contributed by atoms with Crippen LogP contribution in [0.2, 0.25) is 0 Å². The summed E-state index contributed by atoms with van der Waals surface area (Å²) in [7, 11) is 1.30. The Morgan fingerprint density at radius 1 is 1.30 bits per heavy atom. The van der Waals surface area contributed by atoms with Crippen molar-refractivity contribution >= 4 is 49.4 Å². The fraction of sp³-hybridized carbons (Fsp3) is 0.385. The standard InChI is InChI=1S/C13H16Br2N2O3/c1-3-4-16-7-11(18)17-12-9(13(19)20-2)5-8(14)6-10(12)15/h5-6,16H,3-4,7H2,1-2H3,(H,17,18). The highest BCUT2D eigenvalue weighted by molar-refractivity contribution is 9.11. The lowest BCUT2D eigenvalue weighted by Gasteiger charge is -2.13. The van der Waals surface area contributed by atoms with Crippen molar-refractivity contribution in [3.05, 3.63) is 26.6 Å². The molecule has 0 aromatic heterocycles. The van der Waals surface area contributed by atoms with E-state index in [2.05, 4.69) is 42.5 Å². The minimum Gasteiger partial charge on any atom is -0.465 e. The third kappa shape index (κ3) is 4.88. The van der Waals surface area contributed by atoms with Crippen molar-refractivity contribution in [2.75, 3.05) is 25.5 Å². The number of anilines is 1. The second kappa shape index (κ2) is 8.39. The van der Waals surface area contributed by atoms with Crippen LogP contribution in [0.15, 0.2) is 21.1 Å². The summed E-state index contributed by atoms with van der Waals surface area (Å²) in [4.78, 5) is 23.6. The van der Waals surface area contributed by atoms with E-state index in [9.17, 15) is 9.59 Å². The Bertz CT molecular complexity index is 507. The topological polar surface area (TPSA) is 67.4 Å². The van der Waals surface area contributed by atoms with E-state index < -0.39 is 5.97 Å². The number of ether oxygens (including phenoxy) is 1. The van der Waals surface area contributed by atoms with Crippen LogP contribution in [0.5, 0.6) is 0 Å². The molecule has 0 atom stereocenters. The van der Waals surface area contributed by atoms with Crippen molar-refractivity contribution in [1.82, 2.24) is 5.32 Å². The Labute approximate surface area is 134 Å². The van der Waals surface area contributed by atoms with E-state index in [4.69, 9.17) is 4.74 Å². The van der Waals surface area contributed by atoms with Gasteiger partial charge in [0.05, 0.1) is 24.9 Å². The molecular weight excluding hydrogens is 392 g/mol. The predicted octanol–water partition coefficient (Wildman–Crippen LogP) is 2.94. The lowest BCUT2D eigenvalue weighted by Crippen LogP contribution is -2.29. The summed E-state index contributed by atoms with van der Waals surface area (Å²) in [6.07, 6.45) is 0.947. The molecule has 0 bridgehead atoms. The molecule has 1 aromatic rings. The lowest BCUT2D eigenvalue weighted by molar-refractivity contribution is -0.115. The van der Waals surface area contributed by atoms with Gasteiger partial charge in [0, 0.05) is 8.95 Å². The maximum atomic E-state index is 11.8. The van der Waals surface area contributed by atoms with Gasteiger partial charge in [0.25, 0.3) is 0 Å². The van der Waals surface area contributed by atoms with Crippen molar-refractivity contribution in [3.8, 4) is 0 Å². The number of benzene rings is 1. The molecule has 110 valence electrons. The second-order valence-electron chi connectivity index (χ2n) is 4.03. The zero-order chi connectivity index (χ0) is 15.1. The molecule has 0 fully saturated rings. The minimum atomic E-state index is -0.510. The molecule has 0 radical (unpaired) electrons. The molecule has 0 aliphatic heterocycles. The number of amides is 1. The Hall–Kier alpha value is -0.920. The molecule has 0 aliphatic carbocycles. The minimum absolute atomic E-state index is 0.191. The van der Waals surface area contributed by atoms with E-state index in [1.807, 2.05) is 6.92 Å². The number of hydrogen-bond acceptors (Lipinski definition) is 4. The van der Waals surface area contributed by atoms with Gasteiger partial charge >= 0.3 is 5.97 Å². The van der Waals surface area contributed by atoms with Gasteiger partial charge in [-0.15, -0.1) is 0 Å². The number of hydrogen-bond donors (Lipinski definition) is 2. The SMILES string of the molecule is CCCNCC(=O)Nc1c(Br)cc(Br)cc1C(=O)OC. The summed E-state index contributed by atoms with van der Waals surface area (Å²) < 4.78 is 6.04. The second-order valence-corrected chi connectivity index (χ2v) is 5.80. The maximum Gasteiger partial charge on any atom is 0.340 e. The highest BCUT2D eigenvalue weighted by atomic mass is 79.9. The predicted molar refractivity (Wildman–Crippen MR) is 85.0 cm³/mol. The third-order valence-corrected chi connectivity index (χ3v) is 3.52. The molecule has 0 aliphatic rings. The monoisotopic (exact) mass is 406 g/mol. The molecular formula is C13H16Br2N2O3. The van der Waals surface area contributed by atoms with Crippen LogP contribution in [0.1, 0.15) is 23.7 Å². The van der Waals surface area contributed by atoms with Crippen LogP contribution in [-0.4, -0.2) is 32.1 Å². The van der Waals surface area contributed by atoms with E-state index in [-0.39, 0.29) is 18.0 Å². The first-order valence-corrected chi connectivity index (χ1v) is 7.66. The lowest BCUT2D eigenvalue weighted by atomic mass is 10.2. The highest BCUT2D eigenvalue weighted by Gasteiger charge is 2.17. The van der Waals surface area contributed by atoms with Gasteiger partial charge < -0.3 is 15.4 Å². The Balaban J connectivity index is 2.93.